The van der Waals surface area contributed by atoms with Gasteiger partial charge < -0.3 is 23.9 Å². The minimum absolute atomic E-state index is 0.0534. The average Bonchev–Trinajstić information content (AvgIpc) is 2.58. The number of aromatic nitrogens is 1. The van der Waals surface area contributed by atoms with Crippen LogP contribution in [-0.4, -0.2) is 32.3 Å². The first-order valence-electron chi connectivity index (χ1n) is 7.72. The van der Waals surface area contributed by atoms with Gasteiger partial charge in [-0.3, -0.25) is 9.59 Å². The van der Waals surface area contributed by atoms with Gasteiger partial charge in [-0.15, -0.1) is 0 Å². The molecule has 7 nitrogen and oxygen atoms in total. The van der Waals surface area contributed by atoms with Crippen molar-refractivity contribution in [1.82, 2.24) is 4.98 Å². The molecule has 0 radical (unpaired) electrons. The summed E-state index contributed by atoms with van der Waals surface area (Å²) in [6, 6.07) is 5.14. The average molecular weight is 345 g/mol. The summed E-state index contributed by atoms with van der Waals surface area (Å²) < 4.78 is 21.3. The molecule has 0 fully saturated rings. The zero-order chi connectivity index (χ0) is 18.1. The number of hydrogen-bond donors (Lipinski definition) is 1. The van der Waals surface area contributed by atoms with Gasteiger partial charge in [0.05, 0.1) is 33.3 Å². The van der Waals surface area contributed by atoms with Crippen LogP contribution in [0.1, 0.15) is 29.2 Å². The highest BCUT2D eigenvalue weighted by atomic mass is 16.5. The molecule has 1 aliphatic heterocycles. The number of rotatable bonds is 4. The van der Waals surface area contributed by atoms with Crippen LogP contribution >= 0.6 is 0 Å². The van der Waals surface area contributed by atoms with Gasteiger partial charge in [0.25, 0.3) is 5.56 Å². The lowest BCUT2D eigenvalue weighted by Gasteiger charge is -2.25. The maximum absolute atomic E-state index is 12.5. The number of esters is 1. The minimum Gasteiger partial charge on any atom is -0.493 e. The number of ether oxygens (including phenoxy) is 4. The molecule has 1 aliphatic rings. The number of pyridine rings is 1. The van der Waals surface area contributed by atoms with Crippen LogP contribution in [-0.2, 0) is 4.79 Å². The van der Waals surface area contributed by atoms with Crippen molar-refractivity contribution in [3.05, 3.63) is 45.4 Å². The van der Waals surface area contributed by atoms with Crippen LogP contribution in [0.2, 0.25) is 0 Å². The molecule has 3 rings (SSSR count). The Kier molecular flexibility index (Phi) is 4.39. The summed E-state index contributed by atoms with van der Waals surface area (Å²) in [7, 11) is 4.54. The van der Waals surface area contributed by atoms with E-state index in [1.807, 2.05) is 0 Å². The lowest BCUT2D eigenvalue weighted by Crippen LogP contribution is -2.28. The molecule has 132 valence electrons. The zero-order valence-corrected chi connectivity index (χ0v) is 14.5. The van der Waals surface area contributed by atoms with E-state index >= 15 is 0 Å². The van der Waals surface area contributed by atoms with Crippen molar-refractivity contribution in [2.75, 3.05) is 21.3 Å². The summed E-state index contributed by atoms with van der Waals surface area (Å²) in [5.41, 5.74) is 1.48. The SMILES string of the molecule is COc1cc(C2CC(=O)Oc3cc(C)[nH]c(=O)c32)cc(OC)c1OC. The molecule has 0 aliphatic carbocycles. The van der Waals surface area contributed by atoms with Crippen molar-refractivity contribution in [1.29, 1.82) is 0 Å². The number of hydrogen-bond acceptors (Lipinski definition) is 6. The molecule has 0 amide bonds. The maximum atomic E-state index is 12.5. The van der Waals surface area contributed by atoms with Gasteiger partial charge in [-0.1, -0.05) is 0 Å². The number of aryl methyl sites for hydroxylation is 1. The molecule has 1 atom stereocenters. The van der Waals surface area contributed by atoms with Crippen molar-refractivity contribution in [3.8, 4) is 23.0 Å². The Bertz CT molecular complexity index is 861. The van der Waals surface area contributed by atoms with Crippen LogP contribution in [0.5, 0.6) is 23.0 Å². The Hall–Kier alpha value is -2.96. The Labute approximate surface area is 144 Å². The molecule has 1 aromatic heterocycles. The molecule has 2 heterocycles. The van der Waals surface area contributed by atoms with Crippen LogP contribution in [0.3, 0.4) is 0 Å². The van der Waals surface area contributed by atoms with Crippen molar-refractivity contribution in [2.24, 2.45) is 0 Å². The summed E-state index contributed by atoms with van der Waals surface area (Å²) >= 11 is 0. The molecule has 7 heteroatoms. The van der Waals surface area contributed by atoms with Gasteiger partial charge in [-0.2, -0.15) is 0 Å². The number of carbonyl (C=O) groups is 1. The highest BCUT2D eigenvalue weighted by Gasteiger charge is 2.32. The van der Waals surface area contributed by atoms with Crippen LogP contribution < -0.4 is 24.5 Å². The van der Waals surface area contributed by atoms with E-state index in [4.69, 9.17) is 18.9 Å². The fraction of sp³-hybridized carbons (Fsp3) is 0.333. The highest BCUT2D eigenvalue weighted by molar-refractivity contribution is 5.77. The van der Waals surface area contributed by atoms with Gasteiger partial charge in [0.1, 0.15) is 5.75 Å². The topological polar surface area (TPSA) is 86.9 Å². The molecule has 0 saturated heterocycles. The monoisotopic (exact) mass is 345 g/mol. The van der Waals surface area contributed by atoms with Crippen LogP contribution in [0.25, 0.3) is 0 Å². The molecule has 2 aromatic rings. The fourth-order valence-electron chi connectivity index (χ4n) is 3.10. The Morgan fingerprint density at radius 2 is 1.68 bits per heavy atom. The van der Waals surface area contributed by atoms with E-state index in [-0.39, 0.29) is 17.7 Å². The highest BCUT2D eigenvalue weighted by Crippen LogP contribution is 2.44. The maximum Gasteiger partial charge on any atom is 0.312 e. The molecule has 0 bridgehead atoms. The van der Waals surface area contributed by atoms with Gasteiger partial charge >= 0.3 is 5.97 Å². The van der Waals surface area contributed by atoms with Gasteiger partial charge in [-0.05, 0) is 24.6 Å². The smallest absolute Gasteiger partial charge is 0.312 e. The van der Waals surface area contributed by atoms with Crippen molar-refractivity contribution in [3.63, 3.8) is 0 Å². The third-order valence-corrected chi connectivity index (χ3v) is 4.20. The van der Waals surface area contributed by atoms with E-state index in [1.165, 1.54) is 21.3 Å². The van der Waals surface area contributed by atoms with Gasteiger partial charge in [0, 0.05) is 17.7 Å². The van der Waals surface area contributed by atoms with Crippen molar-refractivity contribution in [2.45, 2.75) is 19.3 Å². The zero-order valence-electron chi connectivity index (χ0n) is 14.5. The molecular weight excluding hydrogens is 326 g/mol. The summed E-state index contributed by atoms with van der Waals surface area (Å²) in [5, 5.41) is 0. The van der Waals surface area contributed by atoms with Crippen LogP contribution in [0.15, 0.2) is 23.0 Å². The largest absolute Gasteiger partial charge is 0.493 e. The minimum atomic E-state index is -0.464. The van der Waals surface area contributed by atoms with Crippen LogP contribution in [0, 0.1) is 6.92 Å². The van der Waals surface area contributed by atoms with Gasteiger partial charge in [0.15, 0.2) is 11.5 Å². The molecule has 1 aromatic carbocycles. The van der Waals surface area contributed by atoms with Crippen molar-refractivity contribution >= 4 is 5.97 Å². The molecular formula is C18H19NO6. The summed E-state index contributed by atoms with van der Waals surface area (Å²) in [5.74, 6) is 0.800. The Morgan fingerprint density at radius 1 is 1.04 bits per heavy atom. The fourth-order valence-corrected chi connectivity index (χ4v) is 3.10. The molecule has 25 heavy (non-hydrogen) atoms. The third-order valence-electron chi connectivity index (χ3n) is 4.20. The van der Waals surface area contributed by atoms with E-state index in [9.17, 15) is 9.59 Å². The lowest BCUT2D eigenvalue weighted by atomic mass is 9.86. The van der Waals surface area contributed by atoms with E-state index in [1.54, 1.807) is 25.1 Å². The number of nitrogens with one attached hydrogen (secondary N) is 1. The third kappa shape index (κ3) is 2.93. The predicted octanol–water partition coefficient (Wildman–Crippen LogP) is 2.15. The summed E-state index contributed by atoms with van der Waals surface area (Å²) in [4.78, 5) is 27.3. The van der Waals surface area contributed by atoms with E-state index in [2.05, 4.69) is 4.98 Å². The predicted molar refractivity (Wildman–Crippen MR) is 90.0 cm³/mol. The second kappa shape index (κ2) is 6.51. The van der Waals surface area contributed by atoms with E-state index in [0.717, 1.165) is 0 Å². The first kappa shape index (κ1) is 16.9. The number of carbonyl (C=O) groups excluding carboxylic acids is 1. The number of methoxy groups -OCH3 is 3. The van der Waals surface area contributed by atoms with Gasteiger partial charge in [-0.25, -0.2) is 0 Å². The Morgan fingerprint density at radius 3 is 2.24 bits per heavy atom. The standard InChI is InChI=1S/C18H19NO6/c1-9-5-12-16(18(21)19-9)11(8-15(20)25-12)10-6-13(22-2)17(24-4)14(7-10)23-3/h5-7,11H,8H2,1-4H3,(H,19,21). The number of aromatic amines is 1. The number of H-pyrrole nitrogens is 1. The first-order valence-corrected chi connectivity index (χ1v) is 7.72. The second-order valence-electron chi connectivity index (χ2n) is 5.75. The molecule has 1 N–H and O–H groups in total. The van der Waals surface area contributed by atoms with Gasteiger partial charge in [0.2, 0.25) is 5.75 Å². The van der Waals surface area contributed by atoms with Crippen LogP contribution in [0.4, 0.5) is 0 Å². The quantitative estimate of drug-likeness (QED) is 0.855. The molecule has 0 saturated carbocycles. The van der Waals surface area contributed by atoms with Crippen molar-refractivity contribution < 1.29 is 23.7 Å². The Balaban J connectivity index is 2.21. The second-order valence-corrected chi connectivity index (χ2v) is 5.75. The summed E-state index contributed by atoms with van der Waals surface area (Å²) in [6.45, 7) is 1.73. The summed E-state index contributed by atoms with van der Waals surface area (Å²) in [6.07, 6.45) is 0.0534. The number of benzene rings is 1. The first-order chi connectivity index (χ1) is 12.0. The number of fused-ring (bicyclic) bond motifs is 1. The van der Waals surface area contributed by atoms with E-state index < -0.39 is 11.9 Å². The van der Waals surface area contributed by atoms with E-state index in [0.29, 0.717) is 34.1 Å². The lowest BCUT2D eigenvalue weighted by molar-refractivity contribution is -0.135. The molecule has 1 unspecified atom stereocenters. The molecule has 0 spiro atoms. The normalized spacial score (nSPS) is 16.0.